The van der Waals surface area contributed by atoms with E-state index in [0.29, 0.717) is 38.3 Å². The molecule has 3 rings (SSSR count). The fourth-order valence-corrected chi connectivity index (χ4v) is 6.08. The van der Waals surface area contributed by atoms with Gasteiger partial charge in [-0.3, -0.25) is 24.2 Å². The van der Waals surface area contributed by atoms with Crippen molar-refractivity contribution in [3.8, 4) is 0 Å². The lowest BCUT2D eigenvalue weighted by molar-refractivity contribution is -0.142. The first-order chi connectivity index (χ1) is 19.1. The predicted octanol–water partition coefficient (Wildman–Crippen LogP) is 0.855. The number of ether oxygens (including phenoxy) is 1. The van der Waals surface area contributed by atoms with Crippen molar-refractivity contribution in [3.05, 3.63) is 66.0 Å². The summed E-state index contributed by atoms with van der Waals surface area (Å²) in [5.74, 6) is -4.23. The fraction of sp³-hybridized carbons (Fsp3) is 0.464. The molecule has 12 heteroatoms. The number of nitrogens with one attached hydrogen (secondary N) is 2. The van der Waals surface area contributed by atoms with Gasteiger partial charge in [-0.15, -0.1) is 0 Å². The molecule has 2 heterocycles. The van der Waals surface area contributed by atoms with Crippen LogP contribution in [0.1, 0.15) is 36.3 Å². The molecule has 2 unspecified atom stereocenters. The molecule has 1 saturated heterocycles. The van der Waals surface area contributed by atoms with Crippen molar-refractivity contribution in [3.63, 3.8) is 0 Å². The maximum absolute atomic E-state index is 13.7. The predicted molar refractivity (Wildman–Crippen MR) is 148 cm³/mol. The van der Waals surface area contributed by atoms with Gasteiger partial charge in [-0.25, -0.2) is 8.42 Å². The van der Waals surface area contributed by atoms with Gasteiger partial charge < -0.3 is 20.3 Å². The number of hydrogen-bond acceptors (Lipinski definition) is 8. The van der Waals surface area contributed by atoms with Crippen LogP contribution in [0.3, 0.4) is 0 Å². The highest BCUT2D eigenvalue weighted by atomic mass is 32.2. The molecule has 40 heavy (non-hydrogen) atoms. The van der Waals surface area contributed by atoms with E-state index in [0.717, 1.165) is 11.9 Å². The molecule has 0 spiro atoms. The minimum Gasteiger partial charge on any atom is -0.378 e. The second-order valence-electron chi connectivity index (χ2n) is 9.63. The Labute approximate surface area is 234 Å². The van der Waals surface area contributed by atoms with Crippen LogP contribution in [0.15, 0.2) is 54.7 Å². The van der Waals surface area contributed by atoms with Crippen LogP contribution in [0.2, 0.25) is 0 Å². The topological polar surface area (TPSA) is 152 Å². The van der Waals surface area contributed by atoms with E-state index in [1.165, 1.54) is 4.90 Å². The smallest absolute Gasteiger partial charge is 0.289 e. The molecule has 1 fully saturated rings. The molecule has 1 aliphatic rings. The number of hydrogen-bond donors (Lipinski definition) is 2. The molecular weight excluding hydrogens is 536 g/mol. The lowest BCUT2D eigenvalue weighted by atomic mass is 9.93. The minimum atomic E-state index is -3.88. The number of morpholine rings is 1. The molecule has 216 valence electrons. The number of rotatable bonds is 13. The molecule has 0 saturated carbocycles. The van der Waals surface area contributed by atoms with Gasteiger partial charge in [0.05, 0.1) is 30.4 Å². The van der Waals surface area contributed by atoms with E-state index >= 15 is 0 Å². The monoisotopic (exact) mass is 572 g/mol. The molecule has 0 aliphatic carbocycles. The van der Waals surface area contributed by atoms with E-state index < -0.39 is 44.6 Å². The zero-order chi connectivity index (χ0) is 29.1. The van der Waals surface area contributed by atoms with Crippen LogP contribution in [-0.2, 0) is 40.2 Å². The van der Waals surface area contributed by atoms with Gasteiger partial charge in [-0.2, -0.15) is 0 Å². The summed E-state index contributed by atoms with van der Waals surface area (Å²) in [7, 11) is -3.88. The van der Waals surface area contributed by atoms with Crippen molar-refractivity contribution in [2.24, 2.45) is 5.92 Å². The molecule has 0 bridgehead atoms. The van der Waals surface area contributed by atoms with Crippen molar-refractivity contribution in [1.29, 1.82) is 0 Å². The molecule has 3 atom stereocenters. The zero-order valence-electron chi connectivity index (χ0n) is 22.7. The molecule has 2 N–H and O–H groups in total. The number of Topliss-reactive ketones (excluding diaryl/α,β-unsaturated/α-hetero) is 1. The van der Waals surface area contributed by atoms with Crippen molar-refractivity contribution in [2.75, 3.05) is 39.1 Å². The Morgan fingerprint density at radius 3 is 2.30 bits per heavy atom. The molecule has 3 amide bonds. The number of sulfone groups is 1. The number of carbonyl (C=O) groups excluding carboxylic acids is 4. The number of nitrogens with zero attached hydrogens (tertiary/aromatic N) is 2. The third-order valence-electron chi connectivity index (χ3n) is 6.71. The van der Waals surface area contributed by atoms with Crippen LogP contribution in [0.25, 0.3) is 0 Å². The lowest BCUT2D eigenvalue weighted by Crippen LogP contribution is -2.51. The first kappa shape index (κ1) is 30.9. The minimum absolute atomic E-state index is 0.0945. The summed E-state index contributed by atoms with van der Waals surface area (Å²) in [6.45, 7) is 3.15. The Morgan fingerprint density at radius 1 is 1.02 bits per heavy atom. The third-order valence-corrected chi connectivity index (χ3v) is 8.23. The third kappa shape index (κ3) is 8.68. The molecule has 1 aliphatic heterocycles. The SMILES string of the molecule is CCC(NC(=O)C(CC(=O)N1CCOCC1)[C@@H](c1ccccc1)S(C)(=O)=O)C(=O)C(=O)NCCc1ccccn1. The molecular formula is C28H36N4O7S. The maximum atomic E-state index is 13.7. The quantitative estimate of drug-likeness (QED) is 0.335. The normalized spacial score (nSPS) is 15.9. The largest absolute Gasteiger partial charge is 0.378 e. The number of aromatic nitrogens is 1. The van der Waals surface area contributed by atoms with Gasteiger partial charge in [0.1, 0.15) is 0 Å². The molecule has 0 radical (unpaired) electrons. The summed E-state index contributed by atoms with van der Waals surface area (Å²) < 4.78 is 31.3. The van der Waals surface area contributed by atoms with Gasteiger partial charge in [0, 0.05) is 50.6 Å². The van der Waals surface area contributed by atoms with Crippen LogP contribution in [0.5, 0.6) is 0 Å². The summed E-state index contributed by atoms with van der Waals surface area (Å²) in [5.41, 5.74) is 1.10. The van der Waals surface area contributed by atoms with Crippen LogP contribution < -0.4 is 10.6 Å². The average molecular weight is 573 g/mol. The first-order valence-electron chi connectivity index (χ1n) is 13.2. The summed E-state index contributed by atoms with van der Waals surface area (Å²) in [5, 5.41) is 3.78. The fourth-order valence-electron chi connectivity index (χ4n) is 4.62. The summed E-state index contributed by atoms with van der Waals surface area (Å²) in [4.78, 5) is 58.0. The van der Waals surface area contributed by atoms with Gasteiger partial charge in [0.25, 0.3) is 5.91 Å². The zero-order valence-corrected chi connectivity index (χ0v) is 23.6. The summed E-state index contributed by atoms with van der Waals surface area (Å²) in [6, 6.07) is 12.4. The molecule has 1 aromatic heterocycles. The Bertz CT molecular complexity index is 1270. The van der Waals surface area contributed by atoms with E-state index in [2.05, 4.69) is 15.6 Å². The maximum Gasteiger partial charge on any atom is 0.289 e. The average Bonchev–Trinajstić information content (AvgIpc) is 2.95. The number of amides is 3. The van der Waals surface area contributed by atoms with E-state index in [-0.39, 0.29) is 25.3 Å². The van der Waals surface area contributed by atoms with Crippen LogP contribution in [-0.4, -0.2) is 87.0 Å². The number of ketones is 1. The van der Waals surface area contributed by atoms with Gasteiger partial charge in [-0.1, -0.05) is 43.3 Å². The van der Waals surface area contributed by atoms with Crippen LogP contribution in [0, 0.1) is 5.92 Å². The Balaban J connectivity index is 1.78. The highest BCUT2D eigenvalue weighted by Gasteiger charge is 2.40. The molecule has 1 aromatic carbocycles. The van der Waals surface area contributed by atoms with E-state index in [1.54, 1.807) is 55.6 Å². The van der Waals surface area contributed by atoms with Gasteiger partial charge in [0.2, 0.25) is 17.6 Å². The lowest BCUT2D eigenvalue weighted by Gasteiger charge is -2.31. The van der Waals surface area contributed by atoms with E-state index in [4.69, 9.17) is 4.74 Å². The van der Waals surface area contributed by atoms with E-state index in [9.17, 15) is 27.6 Å². The van der Waals surface area contributed by atoms with Gasteiger partial charge in [-0.05, 0) is 24.1 Å². The second-order valence-corrected chi connectivity index (χ2v) is 11.8. The molecule has 11 nitrogen and oxygen atoms in total. The van der Waals surface area contributed by atoms with Gasteiger partial charge >= 0.3 is 0 Å². The van der Waals surface area contributed by atoms with Gasteiger partial charge in [0.15, 0.2) is 9.84 Å². The standard InChI is InChI=1S/C28H36N4O7S/c1-3-23(25(34)28(36)30-14-12-21-11-7-8-13-29-21)31-27(35)22(19-24(33)32-15-17-39-18-16-32)26(40(2,37)38)20-9-5-4-6-10-20/h4-11,13,22-23,26H,3,12,14-19H2,1-2H3,(H,30,36)(H,31,35)/t22?,23?,26-/m1/s1. The highest BCUT2D eigenvalue weighted by Crippen LogP contribution is 2.33. The number of pyridine rings is 1. The van der Waals surface area contributed by atoms with Crippen LogP contribution >= 0.6 is 0 Å². The Kier molecular flexibility index (Phi) is 11.3. The summed E-state index contributed by atoms with van der Waals surface area (Å²) in [6.07, 6.45) is 2.77. The summed E-state index contributed by atoms with van der Waals surface area (Å²) >= 11 is 0. The Morgan fingerprint density at radius 2 is 1.70 bits per heavy atom. The number of carbonyl (C=O) groups is 4. The highest BCUT2D eigenvalue weighted by molar-refractivity contribution is 7.91. The second kappa shape index (κ2) is 14.7. The Hall–Kier alpha value is -3.64. The first-order valence-corrected chi connectivity index (χ1v) is 15.2. The van der Waals surface area contributed by atoms with Crippen molar-refractivity contribution >= 4 is 33.3 Å². The molecule has 2 aromatic rings. The number of benzene rings is 1. The van der Waals surface area contributed by atoms with Crippen molar-refractivity contribution < 1.29 is 32.3 Å². The van der Waals surface area contributed by atoms with Crippen molar-refractivity contribution in [2.45, 2.75) is 37.5 Å². The van der Waals surface area contributed by atoms with Crippen molar-refractivity contribution in [1.82, 2.24) is 20.5 Å². The van der Waals surface area contributed by atoms with Crippen LogP contribution in [0.4, 0.5) is 0 Å². The van der Waals surface area contributed by atoms with E-state index in [1.807, 2.05) is 6.07 Å².